The molecule has 2 rings (SSSR count). The van der Waals surface area contributed by atoms with Crippen molar-refractivity contribution in [2.45, 2.75) is 18.7 Å². The number of quaternary nitrogens is 1. The van der Waals surface area contributed by atoms with Crippen LogP contribution in [0.15, 0.2) is 34.2 Å². The summed E-state index contributed by atoms with van der Waals surface area (Å²) in [6.45, 7) is 7.21. The lowest BCUT2D eigenvalue weighted by Gasteiger charge is -2.29. The van der Waals surface area contributed by atoms with Gasteiger partial charge in [0.25, 0.3) is 0 Å². The highest BCUT2D eigenvalue weighted by Gasteiger charge is 2.23. The van der Waals surface area contributed by atoms with Gasteiger partial charge in [-0.15, -0.1) is 0 Å². The van der Waals surface area contributed by atoms with Gasteiger partial charge in [0.05, 0.1) is 38.1 Å². The van der Waals surface area contributed by atoms with Gasteiger partial charge < -0.3 is 9.80 Å². The Labute approximate surface area is 132 Å². The zero-order valence-corrected chi connectivity index (χ0v) is 14.1. The molecule has 1 aliphatic rings. The number of hydrogen-bond donors (Lipinski definition) is 1. The molecular formula is C16H22N3O2S+. The number of aryl methyl sites for hydroxylation is 2. The first-order chi connectivity index (χ1) is 10.3. The van der Waals surface area contributed by atoms with E-state index in [0.29, 0.717) is 0 Å². The average Bonchev–Trinajstić information content (AvgIpc) is 2.49. The summed E-state index contributed by atoms with van der Waals surface area (Å²) < 4.78 is 25.3. The van der Waals surface area contributed by atoms with Crippen LogP contribution < -0.4 is 4.90 Å². The minimum Gasteiger partial charge on any atom is -0.364 e. The number of nitrogens with one attached hydrogen (secondary N) is 1. The molecule has 0 spiro atoms. The fourth-order valence-electron chi connectivity index (χ4n) is 2.37. The first-order valence-electron chi connectivity index (χ1n) is 7.34. The van der Waals surface area contributed by atoms with Crippen LogP contribution in [0, 0.1) is 25.2 Å². The molecule has 0 atom stereocenters. The van der Waals surface area contributed by atoms with E-state index >= 15 is 0 Å². The molecule has 0 aromatic heterocycles. The molecule has 1 saturated heterocycles. The van der Waals surface area contributed by atoms with E-state index in [1.54, 1.807) is 18.2 Å². The summed E-state index contributed by atoms with van der Waals surface area (Å²) in [4.78, 5) is 3.34. The Hall–Kier alpha value is -1.84. The Bertz CT molecular complexity index is 724. The lowest BCUT2D eigenvalue weighted by Crippen LogP contribution is -3.11. The van der Waals surface area contributed by atoms with Gasteiger partial charge >= 0.3 is 0 Å². The van der Waals surface area contributed by atoms with Crippen molar-refractivity contribution >= 4 is 9.84 Å². The van der Waals surface area contributed by atoms with E-state index in [4.69, 9.17) is 0 Å². The number of piperazine rings is 1. The highest BCUT2D eigenvalue weighted by Crippen LogP contribution is 2.22. The number of benzene rings is 1. The maximum absolute atomic E-state index is 12.6. The molecule has 0 unspecified atom stereocenters. The number of nitrogens with zero attached hydrogens (tertiary/aromatic N) is 2. The number of nitriles is 1. The predicted molar refractivity (Wildman–Crippen MR) is 85.0 cm³/mol. The Balaban J connectivity index is 2.33. The predicted octanol–water partition coefficient (Wildman–Crippen LogP) is 0.272. The van der Waals surface area contributed by atoms with E-state index in [1.165, 1.54) is 11.1 Å². The first kappa shape index (κ1) is 16.5. The van der Waals surface area contributed by atoms with Crippen LogP contribution in [0.3, 0.4) is 0 Å². The van der Waals surface area contributed by atoms with Gasteiger partial charge in [-0.3, -0.25) is 0 Å². The minimum atomic E-state index is -3.75. The molecule has 1 aliphatic heterocycles. The third-order valence-electron chi connectivity index (χ3n) is 4.14. The van der Waals surface area contributed by atoms with E-state index in [9.17, 15) is 13.7 Å². The molecule has 1 N–H and O–H groups in total. The summed E-state index contributed by atoms with van der Waals surface area (Å²) in [6.07, 6.45) is 1.50. The van der Waals surface area contributed by atoms with Crippen LogP contribution in [-0.4, -0.2) is 46.5 Å². The van der Waals surface area contributed by atoms with Crippen LogP contribution in [0.1, 0.15) is 11.1 Å². The van der Waals surface area contributed by atoms with Crippen molar-refractivity contribution in [2.75, 3.05) is 33.2 Å². The van der Waals surface area contributed by atoms with Crippen LogP contribution >= 0.6 is 0 Å². The van der Waals surface area contributed by atoms with Crippen LogP contribution in [-0.2, 0) is 9.84 Å². The van der Waals surface area contributed by atoms with E-state index < -0.39 is 9.84 Å². The number of allylic oxidation sites excluding steroid dienone is 1. The third kappa shape index (κ3) is 3.49. The third-order valence-corrected chi connectivity index (χ3v) is 5.79. The molecule has 1 aromatic rings. The van der Waals surface area contributed by atoms with Gasteiger partial charge in [-0.05, 0) is 37.1 Å². The van der Waals surface area contributed by atoms with Crippen molar-refractivity contribution in [3.63, 3.8) is 0 Å². The molecule has 1 heterocycles. The normalized spacial score (nSPS) is 17.4. The molecule has 0 bridgehead atoms. The van der Waals surface area contributed by atoms with Gasteiger partial charge in [-0.2, -0.15) is 5.26 Å². The van der Waals surface area contributed by atoms with Crippen molar-refractivity contribution < 1.29 is 13.3 Å². The monoisotopic (exact) mass is 320 g/mol. The lowest BCUT2D eigenvalue weighted by molar-refractivity contribution is -0.883. The molecular weight excluding hydrogens is 298 g/mol. The van der Waals surface area contributed by atoms with Crippen LogP contribution in [0.4, 0.5) is 0 Å². The number of hydrogen-bond acceptors (Lipinski definition) is 4. The number of rotatable bonds is 3. The quantitative estimate of drug-likeness (QED) is 0.812. The Kier molecular flexibility index (Phi) is 4.89. The van der Waals surface area contributed by atoms with Gasteiger partial charge in [0, 0.05) is 6.20 Å². The highest BCUT2D eigenvalue weighted by molar-refractivity contribution is 7.95. The topological polar surface area (TPSA) is 65.6 Å². The van der Waals surface area contributed by atoms with E-state index in [1.807, 2.05) is 24.8 Å². The summed E-state index contributed by atoms with van der Waals surface area (Å²) >= 11 is 0. The van der Waals surface area contributed by atoms with Crippen LogP contribution in [0.5, 0.6) is 0 Å². The van der Waals surface area contributed by atoms with Crippen molar-refractivity contribution in [3.05, 3.63) is 40.4 Å². The van der Waals surface area contributed by atoms with Crippen LogP contribution in [0.2, 0.25) is 0 Å². The van der Waals surface area contributed by atoms with Gasteiger partial charge in [-0.25, -0.2) is 8.42 Å². The minimum absolute atomic E-state index is 0.183. The fraction of sp³-hybridized carbons (Fsp3) is 0.438. The number of likely N-dealkylation sites (N-methyl/N-ethyl adjacent to an activating group) is 1. The molecule has 0 saturated carbocycles. The Morgan fingerprint density at radius 1 is 1.27 bits per heavy atom. The molecule has 6 heteroatoms. The summed E-state index contributed by atoms with van der Waals surface area (Å²) in [5.74, 6) is 0. The van der Waals surface area contributed by atoms with Crippen molar-refractivity contribution in [3.8, 4) is 6.07 Å². The molecule has 5 nitrogen and oxygen atoms in total. The zero-order chi connectivity index (χ0) is 16.3. The Morgan fingerprint density at radius 2 is 1.91 bits per heavy atom. The second-order valence-electron chi connectivity index (χ2n) is 5.85. The average molecular weight is 320 g/mol. The largest absolute Gasteiger partial charge is 0.364 e. The van der Waals surface area contributed by atoms with E-state index in [-0.39, 0.29) is 9.80 Å². The molecule has 118 valence electrons. The first-order valence-corrected chi connectivity index (χ1v) is 8.82. The molecule has 1 fully saturated rings. The van der Waals surface area contributed by atoms with Gasteiger partial charge in [0.2, 0.25) is 9.84 Å². The van der Waals surface area contributed by atoms with Crippen molar-refractivity contribution in [1.29, 1.82) is 5.26 Å². The number of sulfone groups is 1. The summed E-state index contributed by atoms with van der Waals surface area (Å²) in [7, 11) is -1.64. The maximum atomic E-state index is 12.6. The maximum Gasteiger partial charge on any atom is 0.218 e. The van der Waals surface area contributed by atoms with Crippen LogP contribution in [0.25, 0.3) is 0 Å². The van der Waals surface area contributed by atoms with Gasteiger partial charge in [-0.1, -0.05) is 6.07 Å². The molecule has 22 heavy (non-hydrogen) atoms. The molecule has 0 radical (unpaired) electrons. The fourth-order valence-corrected chi connectivity index (χ4v) is 3.61. The van der Waals surface area contributed by atoms with Gasteiger partial charge in [0.15, 0.2) is 4.91 Å². The zero-order valence-electron chi connectivity index (χ0n) is 13.3. The summed E-state index contributed by atoms with van der Waals surface area (Å²) in [5, 5.41) is 9.30. The second kappa shape index (κ2) is 6.51. The smallest absolute Gasteiger partial charge is 0.218 e. The summed E-state index contributed by atoms with van der Waals surface area (Å²) in [5.41, 5.74) is 1.94. The van der Waals surface area contributed by atoms with Crippen molar-refractivity contribution in [1.82, 2.24) is 4.90 Å². The standard InChI is InChI=1S/C16H21N3O2S/c1-13-4-5-15(10-14(13)2)22(20,21)16(11-17)12-19-8-6-18(3)7-9-19/h4-5,10,12H,6-9H2,1-3H3/p+1/b16-12+. The molecule has 0 aliphatic carbocycles. The van der Waals surface area contributed by atoms with Crippen molar-refractivity contribution in [2.24, 2.45) is 0 Å². The highest BCUT2D eigenvalue weighted by atomic mass is 32.2. The van der Waals surface area contributed by atoms with Gasteiger partial charge in [0.1, 0.15) is 6.07 Å². The SMILES string of the molecule is Cc1ccc(S(=O)(=O)/C(C#N)=C/N2CC[NH+](C)CC2)cc1C. The second-order valence-corrected chi connectivity index (χ2v) is 7.77. The summed E-state index contributed by atoms with van der Waals surface area (Å²) in [6, 6.07) is 6.83. The van der Waals surface area contributed by atoms with E-state index in [0.717, 1.165) is 37.3 Å². The molecule has 0 amide bonds. The Morgan fingerprint density at radius 3 is 2.45 bits per heavy atom. The van der Waals surface area contributed by atoms with E-state index in [2.05, 4.69) is 7.05 Å². The molecule has 1 aromatic carbocycles. The lowest BCUT2D eigenvalue weighted by atomic mass is 10.1.